The van der Waals surface area contributed by atoms with E-state index in [1.54, 1.807) is 7.11 Å². The van der Waals surface area contributed by atoms with Crippen molar-refractivity contribution in [3.8, 4) is 0 Å². The molecule has 5 heteroatoms. The van der Waals surface area contributed by atoms with Gasteiger partial charge in [0.15, 0.2) is 0 Å². The summed E-state index contributed by atoms with van der Waals surface area (Å²) in [6.45, 7) is 6.27. The molecule has 0 spiro atoms. The van der Waals surface area contributed by atoms with Gasteiger partial charge in [-0.15, -0.1) is 0 Å². The van der Waals surface area contributed by atoms with E-state index in [-0.39, 0.29) is 11.9 Å². The topological polar surface area (TPSA) is 53.6 Å². The summed E-state index contributed by atoms with van der Waals surface area (Å²) < 4.78 is 5.00. The van der Waals surface area contributed by atoms with Crippen molar-refractivity contribution in [2.45, 2.75) is 32.2 Å². The Morgan fingerprint density at radius 3 is 2.79 bits per heavy atom. The lowest BCUT2D eigenvalue weighted by atomic mass is 9.94. The lowest BCUT2D eigenvalue weighted by Crippen LogP contribution is -2.42. The van der Waals surface area contributed by atoms with Crippen LogP contribution in [-0.2, 0) is 9.53 Å². The number of carbonyl (C=O) groups is 1. The number of nitrogens with zero attached hydrogens (tertiary/aromatic N) is 1. The second-order valence-electron chi connectivity index (χ2n) is 5.64. The molecule has 0 aromatic heterocycles. The molecule has 0 aliphatic carbocycles. The predicted molar refractivity (Wildman–Crippen MR) is 77.2 cm³/mol. The highest BCUT2D eigenvalue weighted by molar-refractivity contribution is 5.78. The zero-order valence-corrected chi connectivity index (χ0v) is 12.6. The second-order valence-corrected chi connectivity index (χ2v) is 5.64. The van der Waals surface area contributed by atoms with Gasteiger partial charge < -0.3 is 15.4 Å². The van der Waals surface area contributed by atoms with E-state index in [0.717, 1.165) is 25.6 Å². The largest absolute Gasteiger partial charge is 0.383 e. The van der Waals surface area contributed by atoms with Crippen LogP contribution in [0.1, 0.15) is 26.2 Å². The second kappa shape index (κ2) is 9.28. The van der Waals surface area contributed by atoms with Crippen LogP contribution in [-0.4, -0.2) is 63.8 Å². The van der Waals surface area contributed by atoms with Crippen molar-refractivity contribution in [3.63, 3.8) is 0 Å². The van der Waals surface area contributed by atoms with Crippen LogP contribution in [0.3, 0.4) is 0 Å². The van der Waals surface area contributed by atoms with Crippen LogP contribution >= 0.6 is 0 Å². The molecule has 5 nitrogen and oxygen atoms in total. The van der Waals surface area contributed by atoms with Crippen molar-refractivity contribution >= 4 is 5.91 Å². The molecule has 0 saturated carbocycles. The molecule has 1 rings (SSSR count). The summed E-state index contributed by atoms with van der Waals surface area (Å²) in [7, 11) is 3.66. The van der Waals surface area contributed by atoms with Crippen LogP contribution < -0.4 is 10.6 Å². The Morgan fingerprint density at radius 1 is 1.47 bits per heavy atom. The molecule has 1 saturated heterocycles. The van der Waals surface area contributed by atoms with E-state index in [2.05, 4.69) is 15.5 Å². The van der Waals surface area contributed by atoms with E-state index in [1.165, 1.54) is 19.3 Å². The first kappa shape index (κ1) is 16.4. The molecule has 0 radical (unpaired) electrons. The van der Waals surface area contributed by atoms with Gasteiger partial charge in [0, 0.05) is 13.2 Å². The summed E-state index contributed by atoms with van der Waals surface area (Å²) in [5.74, 6) is 0.900. The first-order valence-corrected chi connectivity index (χ1v) is 7.29. The highest BCUT2D eigenvalue weighted by Gasteiger charge is 2.15. The Bertz CT molecular complexity index is 255. The lowest BCUT2D eigenvalue weighted by Gasteiger charge is -2.25. The summed E-state index contributed by atoms with van der Waals surface area (Å²) >= 11 is 0. The molecule has 0 aromatic carbocycles. The highest BCUT2D eigenvalue weighted by atomic mass is 16.5. The van der Waals surface area contributed by atoms with Gasteiger partial charge in [0.1, 0.15) is 0 Å². The molecule has 1 amide bonds. The number of methoxy groups -OCH3 is 1. The molecular formula is C14H29N3O2. The number of nitrogens with one attached hydrogen (secondary N) is 2. The van der Waals surface area contributed by atoms with Gasteiger partial charge in [-0.3, -0.25) is 9.69 Å². The molecule has 19 heavy (non-hydrogen) atoms. The summed E-state index contributed by atoms with van der Waals surface area (Å²) in [6, 6.07) is 0.0790. The number of hydrogen-bond acceptors (Lipinski definition) is 4. The van der Waals surface area contributed by atoms with Crippen LogP contribution in [0.2, 0.25) is 0 Å². The fourth-order valence-corrected chi connectivity index (χ4v) is 2.51. The number of ether oxygens (including phenoxy) is 1. The first-order chi connectivity index (χ1) is 9.11. The van der Waals surface area contributed by atoms with Crippen LogP contribution in [0.15, 0.2) is 0 Å². The number of likely N-dealkylation sites (N-methyl/N-ethyl adjacent to an activating group) is 1. The fourth-order valence-electron chi connectivity index (χ4n) is 2.51. The molecule has 1 atom stereocenters. The summed E-state index contributed by atoms with van der Waals surface area (Å²) in [4.78, 5) is 13.9. The molecule has 1 aliphatic rings. The molecule has 1 unspecified atom stereocenters. The maximum atomic E-state index is 11.8. The molecule has 1 aliphatic heterocycles. The van der Waals surface area contributed by atoms with Crippen molar-refractivity contribution in [1.82, 2.24) is 15.5 Å². The van der Waals surface area contributed by atoms with E-state index >= 15 is 0 Å². The van der Waals surface area contributed by atoms with E-state index in [0.29, 0.717) is 13.2 Å². The maximum absolute atomic E-state index is 11.8. The van der Waals surface area contributed by atoms with Gasteiger partial charge in [0.2, 0.25) is 5.91 Å². The van der Waals surface area contributed by atoms with E-state index in [1.807, 2.05) is 14.0 Å². The minimum Gasteiger partial charge on any atom is -0.383 e. The van der Waals surface area contributed by atoms with Crippen molar-refractivity contribution in [2.75, 3.05) is 46.9 Å². The van der Waals surface area contributed by atoms with Gasteiger partial charge in [-0.25, -0.2) is 0 Å². The van der Waals surface area contributed by atoms with E-state index in [9.17, 15) is 4.79 Å². The first-order valence-electron chi connectivity index (χ1n) is 7.29. The quantitative estimate of drug-likeness (QED) is 0.673. The van der Waals surface area contributed by atoms with Crippen molar-refractivity contribution in [2.24, 2.45) is 5.92 Å². The van der Waals surface area contributed by atoms with Crippen LogP contribution in [0.5, 0.6) is 0 Å². The summed E-state index contributed by atoms with van der Waals surface area (Å²) in [5, 5.41) is 6.31. The normalized spacial score (nSPS) is 18.5. The molecule has 0 bridgehead atoms. The van der Waals surface area contributed by atoms with Gasteiger partial charge >= 0.3 is 0 Å². The van der Waals surface area contributed by atoms with Crippen LogP contribution in [0, 0.1) is 5.92 Å². The fraction of sp³-hybridized carbons (Fsp3) is 0.929. The Morgan fingerprint density at radius 2 is 2.16 bits per heavy atom. The smallest absolute Gasteiger partial charge is 0.234 e. The third-order valence-corrected chi connectivity index (χ3v) is 3.62. The van der Waals surface area contributed by atoms with E-state index in [4.69, 9.17) is 4.74 Å². The lowest BCUT2D eigenvalue weighted by molar-refractivity contribution is -0.122. The molecular weight excluding hydrogens is 242 g/mol. The van der Waals surface area contributed by atoms with Gasteiger partial charge in [-0.2, -0.15) is 0 Å². The Hall–Kier alpha value is -0.650. The SMILES string of the molecule is COCC(C)NC(=O)CN(C)CCC1CCNCC1. The van der Waals surface area contributed by atoms with Crippen molar-refractivity contribution in [3.05, 3.63) is 0 Å². The molecule has 1 fully saturated rings. The monoisotopic (exact) mass is 271 g/mol. The minimum absolute atomic E-state index is 0.0790. The summed E-state index contributed by atoms with van der Waals surface area (Å²) in [5.41, 5.74) is 0. The average molecular weight is 271 g/mol. The number of rotatable bonds is 8. The Labute approximate surface area is 117 Å². The molecule has 2 N–H and O–H groups in total. The zero-order valence-electron chi connectivity index (χ0n) is 12.6. The van der Waals surface area contributed by atoms with Gasteiger partial charge in [0.25, 0.3) is 0 Å². The maximum Gasteiger partial charge on any atom is 0.234 e. The van der Waals surface area contributed by atoms with Gasteiger partial charge in [-0.1, -0.05) is 0 Å². The van der Waals surface area contributed by atoms with Crippen LogP contribution in [0.4, 0.5) is 0 Å². The molecule has 0 aromatic rings. The highest BCUT2D eigenvalue weighted by Crippen LogP contribution is 2.15. The summed E-state index contributed by atoms with van der Waals surface area (Å²) in [6.07, 6.45) is 3.73. The number of amides is 1. The standard InChI is InChI=1S/C14H29N3O2/c1-12(11-19-3)16-14(18)10-17(2)9-6-13-4-7-15-8-5-13/h12-13,15H,4-11H2,1-3H3,(H,16,18). The number of piperidine rings is 1. The predicted octanol–water partition coefficient (Wildman–Crippen LogP) is 0.459. The Kier molecular flexibility index (Phi) is 8.02. The van der Waals surface area contributed by atoms with E-state index < -0.39 is 0 Å². The zero-order chi connectivity index (χ0) is 14.1. The average Bonchev–Trinajstić information content (AvgIpc) is 2.37. The number of carbonyl (C=O) groups excluding carboxylic acids is 1. The van der Waals surface area contributed by atoms with Crippen molar-refractivity contribution < 1.29 is 9.53 Å². The third kappa shape index (κ3) is 7.50. The Balaban J connectivity index is 2.11. The molecule has 112 valence electrons. The van der Waals surface area contributed by atoms with Gasteiger partial charge in [0.05, 0.1) is 13.2 Å². The van der Waals surface area contributed by atoms with Gasteiger partial charge in [-0.05, 0) is 58.8 Å². The van der Waals surface area contributed by atoms with Crippen molar-refractivity contribution in [1.29, 1.82) is 0 Å². The number of hydrogen-bond donors (Lipinski definition) is 2. The van der Waals surface area contributed by atoms with Crippen LogP contribution in [0.25, 0.3) is 0 Å². The minimum atomic E-state index is 0.0790. The third-order valence-electron chi connectivity index (χ3n) is 3.62. The molecule has 1 heterocycles.